The van der Waals surface area contributed by atoms with Crippen LogP contribution in [0.25, 0.3) is 72.1 Å². The summed E-state index contributed by atoms with van der Waals surface area (Å²) in [6, 6.07) is 82.6. The molecule has 0 amide bonds. The van der Waals surface area contributed by atoms with E-state index in [2.05, 4.69) is 294 Å². The standard InChI is InChI=1S/C72H64N4O/c1-70(2,3)52-38-39-73-67(44-52)76-64-37-34-51(48-22-13-10-14-23-48)40-63(64)61-36-35-58(46-66(61)76)77-57-29-19-28-55(45-57)74-47-75(56-42-53(71(4,5)6)41-54(43-56)72(7,8)9)69-62(32-21-33-65(69)74)68-59(49-24-15-11-16-25-49)30-20-31-60(68)50-26-17-12-18-27-50/h10-46H,1-9H3/q+2. The molecule has 12 rings (SSSR count). The molecule has 1 aliphatic heterocycles. The van der Waals surface area contributed by atoms with Crippen LogP contribution in [0, 0.1) is 0 Å². The molecule has 1 aliphatic rings. The van der Waals surface area contributed by atoms with E-state index in [1.54, 1.807) is 0 Å². The lowest BCUT2D eigenvalue weighted by atomic mass is 9.80. The SMILES string of the molecule is CC(C)(C)c1cc([N+]2=C=[N+](c3cccc(Oc4ccc5c6cc(-c7ccccc7)ccc6n(-c6cc(C(C)(C)C)ccn6)c5c4)c3)c3cccc(-c4c(-c5ccccc5)cccc4-c4ccccc4)c32)cc(C(C)(C)C)c1. The molecule has 0 spiro atoms. The van der Waals surface area contributed by atoms with Gasteiger partial charge in [0, 0.05) is 52.9 Å². The highest BCUT2D eigenvalue weighted by Gasteiger charge is 2.41. The fraction of sp³-hybridized carbons (Fsp3) is 0.167. The average molecular weight is 1000 g/mol. The summed E-state index contributed by atoms with van der Waals surface area (Å²) < 4.78 is 13.8. The molecule has 0 bridgehead atoms. The van der Waals surface area contributed by atoms with E-state index in [4.69, 9.17) is 9.72 Å². The Morgan fingerprint density at radius 3 is 1.62 bits per heavy atom. The molecule has 0 atom stereocenters. The number of hydrogen-bond acceptors (Lipinski definition) is 2. The van der Waals surface area contributed by atoms with Crippen molar-refractivity contribution in [2.45, 2.75) is 78.6 Å². The number of ether oxygens (including phenoxy) is 1. The number of para-hydroxylation sites is 1. The van der Waals surface area contributed by atoms with Crippen molar-refractivity contribution in [3.8, 4) is 61.8 Å². The van der Waals surface area contributed by atoms with Crippen molar-refractivity contribution in [1.82, 2.24) is 18.7 Å². The Kier molecular flexibility index (Phi) is 12.1. The zero-order valence-corrected chi connectivity index (χ0v) is 45.6. The van der Waals surface area contributed by atoms with Gasteiger partial charge in [0.15, 0.2) is 0 Å². The van der Waals surface area contributed by atoms with E-state index in [-0.39, 0.29) is 16.2 Å². The van der Waals surface area contributed by atoms with E-state index in [0.717, 1.165) is 72.8 Å². The molecule has 0 radical (unpaired) electrons. The molecular weight excluding hydrogens is 937 g/mol. The van der Waals surface area contributed by atoms with Crippen LogP contribution in [-0.2, 0) is 16.2 Å². The Morgan fingerprint density at radius 1 is 0.403 bits per heavy atom. The molecule has 376 valence electrons. The van der Waals surface area contributed by atoms with Gasteiger partial charge in [-0.25, -0.2) is 4.98 Å². The molecule has 0 aliphatic carbocycles. The lowest BCUT2D eigenvalue weighted by Crippen LogP contribution is -2.17. The number of pyridine rings is 1. The third-order valence-electron chi connectivity index (χ3n) is 15.1. The van der Waals surface area contributed by atoms with E-state index in [1.165, 1.54) is 44.5 Å². The molecule has 5 nitrogen and oxygen atoms in total. The highest BCUT2D eigenvalue weighted by Crippen LogP contribution is 2.50. The van der Waals surface area contributed by atoms with Gasteiger partial charge < -0.3 is 4.74 Å². The molecular formula is C72H64N4O+2. The number of hydrogen-bond donors (Lipinski definition) is 0. The predicted octanol–water partition coefficient (Wildman–Crippen LogP) is 19.4. The van der Waals surface area contributed by atoms with Crippen LogP contribution in [-0.4, -0.2) is 15.6 Å². The van der Waals surface area contributed by atoms with Crippen molar-refractivity contribution in [2.24, 2.45) is 0 Å². The van der Waals surface area contributed by atoms with Gasteiger partial charge in [0.1, 0.15) is 17.3 Å². The highest BCUT2D eigenvalue weighted by molar-refractivity contribution is 6.11. The normalized spacial score (nSPS) is 12.7. The van der Waals surface area contributed by atoms with Crippen molar-refractivity contribution in [3.05, 3.63) is 241 Å². The smallest absolute Gasteiger partial charge is 0.457 e. The van der Waals surface area contributed by atoms with E-state index >= 15 is 0 Å². The van der Waals surface area contributed by atoms with Crippen molar-refractivity contribution in [1.29, 1.82) is 0 Å². The van der Waals surface area contributed by atoms with E-state index in [1.807, 2.05) is 12.3 Å². The quantitative estimate of drug-likeness (QED) is 0.135. The van der Waals surface area contributed by atoms with Gasteiger partial charge in [0.25, 0.3) is 5.69 Å². The second kappa shape index (κ2) is 19.0. The molecule has 9 aromatic carbocycles. The predicted molar refractivity (Wildman–Crippen MR) is 324 cm³/mol. The second-order valence-corrected chi connectivity index (χ2v) is 23.5. The minimum atomic E-state index is -0.0979. The number of aromatic nitrogens is 2. The molecule has 0 saturated heterocycles. The minimum absolute atomic E-state index is 0.0525. The van der Waals surface area contributed by atoms with Gasteiger partial charge in [0.2, 0.25) is 11.4 Å². The summed E-state index contributed by atoms with van der Waals surface area (Å²) in [5.41, 5.74) is 19.0. The maximum Gasteiger partial charge on any atom is 0.503 e. The fourth-order valence-corrected chi connectivity index (χ4v) is 10.9. The minimum Gasteiger partial charge on any atom is -0.457 e. The lowest BCUT2D eigenvalue weighted by Gasteiger charge is -2.24. The molecule has 0 unspecified atom stereocenters. The molecule has 0 fully saturated rings. The van der Waals surface area contributed by atoms with Crippen molar-refractivity contribution >= 4 is 50.6 Å². The Morgan fingerprint density at radius 2 is 0.987 bits per heavy atom. The third-order valence-corrected chi connectivity index (χ3v) is 15.1. The van der Waals surface area contributed by atoms with E-state index < -0.39 is 0 Å². The Hall–Kier alpha value is -8.89. The first-order valence-corrected chi connectivity index (χ1v) is 26.9. The molecule has 5 heteroatoms. The summed E-state index contributed by atoms with van der Waals surface area (Å²) in [5.74, 6) is 2.32. The fourth-order valence-electron chi connectivity index (χ4n) is 10.9. The van der Waals surface area contributed by atoms with Gasteiger partial charge >= 0.3 is 11.7 Å². The first-order chi connectivity index (χ1) is 37.1. The Balaban J connectivity index is 1.03. The summed E-state index contributed by atoms with van der Waals surface area (Å²) in [5, 5.41) is 2.29. The molecule has 2 aromatic heterocycles. The van der Waals surface area contributed by atoms with Crippen LogP contribution in [0.5, 0.6) is 11.5 Å². The summed E-state index contributed by atoms with van der Waals surface area (Å²) >= 11 is 0. The zero-order chi connectivity index (χ0) is 53.2. The van der Waals surface area contributed by atoms with Crippen molar-refractivity contribution < 1.29 is 4.74 Å². The lowest BCUT2D eigenvalue weighted by molar-refractivity contribution is 0.483. The summed E-state index contributed by atoms with van der Waals surface area (Å²) in [6.45, 7) is 20.6. The largest absolute Gasteiger partial charge is 0.503 e. The third kappa shape index (κ3) is 9.28. The van der Waals surface area contributed by atoms with Crippen molar-refractivity contribution in [2.75, 3.05) is 0 Å². The average Bonchev–Trinajstić information content (AvgIpc) is 4.11. The van der Waals surface area contributed by atoms with Gasteiger partial charge in [-0.15, -0.1) is 0 Å². The number of benzene rings is 9. The molecule has 11 aromatic rings. The van der Waals surface area contributed by atoms with Crippen LogP contribution in [0.2, 0.25) is 0 Å². The zero-order valence-electron chi connectivity index (χ0n) is 45.6. The molecule has 0 N–H and O–H groups in total. The second-order valence-electron chi connectivity index (χ2n) is 23.5. The maximum absolute atomic E-state index is 6.97. The Labute approximate surface area is 453 Å². The molecule has 0 saturated carbocycles. The topological polar surface area (TPSA) is 33.1 Å². The van der Waals surface area contributed by atoms with Crippen molar-refractivity contribution in [3.63, 3.8) is 0 Å². The monoisotopic (exact) mass is 1000 g/mol. The number of rotatable bonds is 9. The van der Waals surface area contributed by atoms with Gasteiger partial charge in [-0.1, -0.05) is 196 Å². The summed E-state index contributed by atoms with van der Waals surface area (Å²) in [7, 11) is 0. The van der Waals surface area contributed by atoms with Crippen LogP contribution in [0.15, 0.2) is 225 Å². The van der Waals surface area contributed by atoms with E-state index in [9.17, 15) is 0 Å². The van der Waals surface area contributed by atoms with Gasteiger partial charge in [-0.3, -0.25) is 4.57 Å². The van der Waals surface area contributed by atoms with Crippen LogP contribution >= 0.6 is 0 Å². The van der Waals surface area contributed by atoms with Crippen LogP contribution < -0.4 is 13.9 Å². The van der Waals surface area contributed by atoms with E-state index in [0.29, 0.717) is 5.75 Å². The first-order valence-electron chi connectivity index (χ1n) is 26.9. The first kappa shape index (κ1) is 49.0. The van der Waals surface area contributed by atoms with Gasteiger partial charge in [-0.05, 0) is 124 Å². The summed E-state index contributed by atoms with van der Waals surface area (Å²) in [4.78, 5) is 5.00. The van der Waals surface area contributed by atoms with Crippen LogP contribution in [0.3, 0.4) is 0 Å². The highest BCUT2D eigenvalue weighted by atomic mass is 16.5. The van der Waals surface area contributed by atoms with Gasteiger partial charge in [-0.2, -0.15) is 0 Å². The molecule has 3 heterocycles. The maximum atomic E-state index is 6.97. The van der Waals surface area contributed by atoms with Gasteiger partial charge in [0.05, 0.1) is 22.7 Å². The Bertz CT molecular complexity index is 4050. The molecule has 77 heavy (non-hydrogen) atoms. The van der Waals surface area contributed by atoms with Crippen LogP contribution in [0.4, 0.5) is 22.7 Å². The summed E-state index contributed by atoms with van der Waals surface area (Å²) in [6.07, 6.45) is 1.93. The van der Waals surface area contributed by atoms with Crippen LogP contribution in [0.1, 0.15) is 79.0 Å². The number of nitrogens with zero attached hydrogens (tertiary/aromatic N) is 4. The number of fused-ring (bicyclic) bond motifs is 4.